The number of carbonyl (C=O) groups excluding carboxylic acids is 1. The Labute approximate surface area is 122 Å². The number of hydrogen-bond acceptors (Lipinski definition) is 5. The fourth-order valence-electron chi connectivity index (χ4n) is 1.52. The molecule has 5 nitrogen and oxygen atoms in total. The van der Waals surface area contributed by atoms with Crippen LogP contribution in [0.25, 0.3) is 0 Å². The number of amides is 1. The molecule has 106 valence electrons. The lowest BCUT2D eigenvalue weighted by molar-refractivity contribution is 0.0700. The summed E-state index contributed by atoms with van der Waals surface area (Å²) in [5.41, 5.74) is 0.547. The van der Waals surface area contributed by atoms with Crippen LogP contribution in [0.1, 0.15) is 21.7 Å². The third-order valence-electron chi connectivity index (χ3n) is 2.48. The van der Waals surface area contributed by atoms with Gasteiger partial charge in [-0.15, -0.1) is 11.3 Å². The number of thiophene rings is 1. The number of hydrogen-bond donors (Lipinski definition) is 1. The van der Waals surface area contributed by atoms with Gasteiger partial charge in [-0.05, 0) is 6.07 Å². The predicted molar refractivity (Wildman–Crippen MR) is 76.3 cm³/mol. The summed E-state index contributed by atoms with van der Waals surface area (Å²) in [6.07, 6.45) is 0.288. The molecule has 0 bridgehead atoms. The molecule has 1 rings (SSSR count). The Morgan fingerprint density at radius 3 is 3.00 bits per heavy atom. The highest BCUT2D eigenvalue weighted by atomic mass is 32.1. The molecule has 0 aliphatic heterocycles. The molecule has 0 spiro atoms. The van der Waals surface area contributed by atoms with Crippen molar-refractivity contribution < 1.29 is 14.6 Å². The Morgan fingerprint density at radius 1 is 1.55 bits per heavy atom. The highest BCUT2D eigenvalue weighted by Gasteiger charge is 2.16. The molecule has 1 aromatic rings. The maximum atomic E-state index is 12.3. The van der Waals surface area contributed by atoms with E-state index in [-0.39, 0.29) is 18.9 Å². The molecule has 1 amide bonds. The number of aliphatic hydroxyl groups excluding tert-OH is 1. The topological polar surface area (TPSA) is 73.6 Å². The number of ether oxygens (including phenoxy) is 1. The number of aliphatic hydroxyl groups is 1. The normalized spacial score (nSPS) is 9.45. The number of nitrogens with zero attached hydrogens (tertiary/aromatic N) is 2. The van der Waals surface area contributed by atoms with Crippen LogP contribution in [-0.2, 0) is 4.74 Å². The van der Waals surface area contributed by atoms with Gasteiger partial charge >= 0.3 is 0 Å². The summed E-state index contributed by atoms with van der Waals surface area (Å²) < 4.78 is 4.97. The van der Waals surface area contributed by atoms with Gasteiger partial charge in [0.2, 0.25) is 0 Å². The van der Waals surface area contributed by atoms with Crippen molar-refractivity contribution in [3.8, 4) is 17.9 Å². The van der Waals surface area contributed by atoms with Crippen LogP contribution >= 0.6 is 11.3 Å². The van der Waals surface area contributed by atoms with Crippen molar-refractivity contribution in [1.82, 2.24) is 4.90 Å². The van der Waals surface area contributed by atoms with Gasteiger partial charge in [0.1, 0.15) is 6.61 Å². The molecular weight excluding hydrogens is 276 g/mol. The molecule has 1 heterocycles. The van der Waals surface area contributed by atoms with E-state index in [1.807, 2.05) is 6.07 Å². The number of carbonyl (C=O) groups is 1. The van der Waals surface area contributed by atoms with Crippen LogP contribution in [0.3, 0.4) is 0 Å². The maximum Gasteiger partial charge on any atom is 0.254 e. The van der Waals surface area contributed by atoms with E-state index in [9.17, 15) is 4.79 Å². The number of nitriles is 1. The number of methoxy groups -OCH3 is 1. The Bertz CT molecular complexity index is 537. The zero-order valence-electron chi connectivity index (χ0n) is 11.3. The van der Waals surface area contributed by atoms with Gasteiger partial charge in [-0.25, -0.2) is 0 Å². The van der Waals surface area contributed by atoms with Crippen molar-refractivity contribution in [3.63, 3.8) is 0 Å². The van der Waals surface area contributed by atoms with Gasteiger partial charge in [0, 0.05) is 25.6 Å². The molecule has 0 saturated heterocycles. The number of rotatable bonds is 6. The van der Waals surface area contributed by atoms with E-state index < -0.39 is 0 Å². The first-order chi connectivity index (χ1) is 9.72. The molecule has 0 radical (unpaired) electrons. The zero-order chi connectivity index (χ0) is 14.8. The third-order valence-corrected chi connectivity index (χ3v) is 3.33. The van der Waals surface area contributed by atoms with Crippen molar-refractivity contribution in [3.05, 3.63) is 21.9 Å². The quantitative estimate of drug-likeness (QED) is 0.797. The molecule has 0 aliphatic carbocycles. The standard InChI is InChI=1S/C14H16N2O3S/c1-19-9-7-16(6-3-5-15)14(18)12-10-13(20-11-12)4-2-8-17/h10-11,17H,3,6-9H2,1H3. The third kappa shape index (κ3) is 5.02. The van der Waals surface area contributed by atoms with Crippen molar-refractivity contribution in [2.75, 3.05) is 33.4 Å². The van der Waals surface area contributed by atoms with Crippen LogP contribution in [0.4, 0.5) is 0 Å². The van der Waals surface area contributed by atoms with Crippen LogP contribution in [0.15, 0.2) is 11.4 Å². The fourth-order valence-corrected chi connectivity index (χ4v) is 2.27. The smallest absolute Gasteiger partial charge is 0.254 e. The maximum absolute atomic E-state index is 12.3. The first-order valence-corrected chi connectivity index (χ1v) is 6.94. The van der Waals surface area contributed by atoms with E-state index in [4.69, 9.17) is 15.1 Å². The van der Waals surface area contributed by atoms with Gasteiger partial charge in [-0.2, -0.15) is 5.26 Å². The first kappa shape index (κ1) is 16.2. The minimum Gasteiger partial charge on any atom is -0.384 e. The van der Waals surface area contributed by atoms with Crippen molar-refractivity contribution in [2.24, 2.45) is 0 Å². The monoisotopic (exact) mass is 292 g/mol. The van der Waals surface area contributed by atoms with Crippen LogP contribution in [0.2, 0.25) is 0 Å². The minimum absolute atomic E-state index is 0.134. The van der Waals surface area contributed by atoms with Gasteiger partial charge in [0.15, 0.2) is 0 Å². The van der Waals surface area contributed by atoms with Crippen molar-refractivity contribution >= 4 is 17.2 Å². The van der Waals surface area contributed by atoms with Gasteiger partial charge in [-0.3, -0.25) is 4.79 Å². The molecule has 0 atom stereocenters. The van der Waals surface area contributed by atoms with Gasteiger partial charge in [0.05, 0.1) is 29.5 Å². The van der Waals surface area contributed by atoms with E-state index >= 15 is 0 Å². The van der Waals surface area contributed by atoms with Gasteiger partial charge in [-0.1, -0.05) is 11.8 Å². The molecule has 1 N–H and O–H groups in total. The van der Waals surface area contributed by atoms with E-state index in [1.54, 1.807) is 23.5 Å². The predicted octanol–water partition coefficient (Wildman–Crippen LogP) is 1.09. The average molecular weight is 292 g/mol. The lowest BCUT2D eigenvalue weighted by atomic mass is 10.2. The Morgan fingerprint density at radius 2 is 2.35 bits per heavy atom. The highest BCUT2D eigenvalue weighted by Crippen LogP contribution is 2.15. The average Bonchev–Trinajstić information content (AvgIpc) is 2.93. The van der Waals surface area contributed by atoms with Crippen LogP contribution in [0, 0.1) is 23.2 Å². The zero-order valence-corrected chi connectivity index (χ0v) is 12.1. The molecule has 1 aromatic heterocycles. The Kier molecular flexibility index (Phi) is 7.38. The highest BCUT2D eigenvalue weighted by molar-refractivity contribution is 7.10. The molecular formula is C14H16N2O3S. The van der Waals surface area contributed by atoms with Gasteiger partial charge in [0.25, 0.3) is 5.91 Å². The second-order valence-corrected chi connectivity index (χ2v) is 4.76. The summed E-state index contributed by atoms with van der Waals surface area (Å²) in [5.74, 6) is 5.17. The van der Waals surface area contributed by atoms with Crippen molar-refractivity contribution in [2.45, 2.75) is 6.42 Å². The second kappa shape index (κ2) is 9.11. The summed E-state index contributed by atoms with van der Waals surface area (Å²) in [4.78, 5) is 14.6. The SMILES string of the molecule is COCCN(CCC#N)C(=O)c1csc(C#CCO)c1. The molecule has 20 heavy (non-hydrogen) atoms. The summed E-state index contributed by atoms with van der Waals surface area (Å²) in [6.45, 7) is 1.05. The lowest BCUT2D eigenvalue weighted by Crippen LogP contribution is -2.34. The van der Waals surface area contributed by atoms with Crippen LogP contribution in [0.5, 0.6) is 0 Å². The summed E-state index contributed by atoms with van der Waals surface area (Å²) >= 11 is 1.35. The van der Waals surface area contributed by atoms with Crippen LogP contribution < -0.4 is 0 Å². The van der Waals surface area contributed by atoms with E-state index in [0.717, 1.165) is 4.88 Å². The second-order valence-electron chi connectivity index (χ2n) is 3.85. The Balaban J connectivity index is 2.77. The lowest BCUT2D eigenvalue weighted by Gasteiger charge is -2.20. The molecule has 0 fully saturated rings. The Hall–Kier alpha value is -1.86. The van der Waals surface area contributed by atoms with E-state index in [1.165, 1.54) is 11.3 Å². The molecule has 0 unspecified atom stereocenters. The summed E-state index contributed by atoms with van der Waals surface area (Å²) in [5, 5.41) is 19.0. The minimum atomic E-state index is -0.205. The molecule has 0 aliphatic rings. The van der Waals surface area contributed by atoms with Crippen LogP contribution in [-0.4, -0.2) is 49.3 Å². The molecule has 0 aromatic carbocycles. The summed E-state index contributed by atoms with van der Waals surface area (Å²) in [7, 11) is 1.57. The largest absolute Gasteiger partial charge is 0.384 e. The van der Waals surface area contributed by atoms with E-state index in [0.29, 0.717) is 25.3 Å². The first-order valence-electron chi connectivity index (χ1n) is 6.06. The fraction of sp³-hybridized carbons (Fsp3) is 0.429. The van der Waals surface area contributed by atoms with Gasteiger partial charge < -0.3 is 14.7 Å². The molecule has 6 heteroatoms. The van der Waals surface area contributed by atoms with Crippen molar-refractivity contribution in [1.29, 1.82) is 5.26 Å². The van der Waals surface area contributed by atoms with E-state index in [2.05, 4.69) is 11.8 Å². The summed E-state index contributed by atoms with van der Waals surface area (Å²) in [6, 6.07) is 3.73. The molecule has 0 saturated carbocycles.